The Kier molecular flexibility index (Phi) is 8.96. The second-order valence-corrected chi connectivity index (χ2v) is 3.57. The maximum Gasteiger partial charge on any atom is 0.102 e. The molecule has 0 N–H and O–H groups in total. The molecule has 0 aromatic rings. The Morgan fingerprint density at radius 2 is 1.24 bits per heavy atom. The third-order valence-corrected chi connectivity index (χ3v) is 2.13. The van der Waals surface area contributed by atoms with Crippen LogP contribution in [0.2, 0.25) is 0 Å². The van der Waals surface area contributed by atoms with E-state index in [-0.39, 0.29) is 0 Å². The lowest BCUT2D eigenvalue weighted by atomic mass is 9.92. The van der Waals surface area contributed by atoms with E-state index >= 15 is 0 Å². The maximum absolute atomic E-state index is 5.45. The van der Waals surface area contributed by atoms with Crippen molar-refractivity contribution in [3.63, 3.8) is 0 Å². The first kappa shape index (κ1) is 15.6. The van der Waals surface area contributed by atoms with E-state index in [0.29, 0.717) is 33.0 Å². The molecule has 0 bridgehead atoms. The second kappa shape index (κ2) is 9.78. The largest absolute Gasteiger partial charge is 0.501 e. The molecule has 0 radical (unpaired) electrons. The maximum atomic E-state index is 5.45. The fourth-order valence-corrected chi connectivity index (χ4v) is 1.28. The normalized spacial score (nSPS) is 10.4. The third-order valence-electron chi connectivity index (χ3n) is 2.13. The van der Waals surface area contributed by atoms with Gasteiger partial charge < -0.3 is 18.9 Å². The van der Waals surface area contributed by atoms with Crippen LogP contribution in [0.15, 0.2) is 38.5 Å². The summed E-state index contributed by atoms with van der Waals surface area (Å²) in [5.74, 6) is 0. The van der Waals surface area contributed by atoms with E-state index in [1.807, 2.05) is 6.92 Å². The van der Waals surface area contributed by atoms with Crippen molar-refractivity contribution >= 4 is 0 Å². The molecule has 0 aliphatic heterocycles. The van der Waals surface area contributed by atoms with Crippen LogP contribution in [0.4, 0.5) is 0 Å². The van der Waals surface area contributed by atoms with E-state index in [0.717, 1.165) is 0 Å². The van der Waals surface area contributed by atoms with Crippen molar-refractivity contribution < 1.29 is 18.9 Å². The van der Waals surface area contributed by atoms with Crippen molar-refractivity contribution in [1.29, 1.82) is 0 Å². The molecule has 0 atom stereocenters. The Hall–Kier alpha value is -1.42. The molecule has 0 aliphatic carbocycles. The zero-order valence-corrected chi connectivity index (χ0v) is 10.5. The molecule has 17 heavy (non-hydrogen) atoms. The van der Waals surface area contributed by atoms with Crippen LogP contribution in [0.25, 0.3) is 0 Å². The molecule has 0 amide bonds. The van der Waals surface area contributed by atoms with E-state index in [1.54, 1.807) is 0 Å². The van der Waals surface area contributed by atoms with Gasteiger partial charge in [0.25, 0.3) is 0 Å². The summed E-state index contributed by atoms with van der Waals surface area (Å²) in [5, 5.41) is 0. The van der Waals surface area contributed by atoms with Gasteiger partial charge in [-0.15, -0.1) is 0 Å². The lowest BCUT2D eigenvalue weighted by Gasteiger charge is -2.31. The minimum atomic E-state index is -0.396. The highest BCUT2D eigenvalue weighted by Crippen LogP contribution is 2.21. The fourth-order valence-electron chi connectivity index (χ4n) is 1.28. The van der Waals surface area contributed by atoms with Gasteiger partial charge in [-0.3, -0.25) is 0 Å². The molecule has 4 nitrogen and oxygen atoms in total. The van der Waals surface area contributed by atoms with Gasteiger partial charge in [0.15, 0.2) is 0 Å². The van der Waals surface area contributed by atoms with Crippen molar-refractivity contribution in [2.75, 3.05) is 33.0 Å². The molecule has 0 heterocycles. The lowest BCUT2D eigenvalue weighted by molar-refractivity contribution is -0.0637. The van der Waals surface area contributed by atoms with Crippen LogP contribution in [-0.4, -0.2) is 33.0 Å². The molecule has 0 saturated carbocycles. The molecule has 0 saturated heterocycles. The van der Waals surface area contributed by atoms with Crippen LogP contribution in [0.5, 0.6) is 0 Å². The Morgan fingerprint density at radius 3 is 1.53 bits per heavy atom. The van der Waals surface area contributed by atoms with Crippen LogP contribution < -0.4 is 0 Å². The van der Waals surface area contributed by atoms with Crippen LogP contribution in [0.1, 0.15) is 6.92 Å². The van der Waals surface area contributed by atoms with Gasteiger partial charge in [-0.05, 0) is 6.92 Å². The minimum Gasteiger partial charge on any atom is -0.501 e. The summed E-state index contributed by atoms with van der Waals surface area (Å²) in [4.78, 5) is 0. The van der Waals surface area contributed by atoms with E-state index in [9.17, 15) is 0 Å². The smallest absolute Gasteiger partial charge is 0.102 e. The zero-order chi connectivity index (χ0) is 13.0. The van der Waals surface area contributed by atoms with Gasteiger partial charge in [0, 0.05) is 6.61 Å². The Bertz CT molecular complexity index is 194. The summed E-state index contributed by atoms with van der Waals surface area (Å²) in [5.41, 5.74) is -0.396. The highest BCUT2D eigenvalue weighted by atomic mass is 16.5. The third kappa shape index (κ3) is 6.68. The zero-order valence-electron chi connectivity index (χ0n) is 10.5. The monoisotopic (exact) mass is 242 g/mol. The summed E-state index contributed by atoms with van der Waals surface area (Å²) >= 11 is 0. The lowest BCUT2D eigenvalue weighted by Crippen LogP contribution is -2.40. The summed E-state index contributed by atoms with van der Waals surface area (Å²) < 4.78 is 21.2. The van der Waals surface area contributed by atoms with E-state index in [2.05, 4.69) is 19.7 Å². The van der Waals surface area contributed by atoms with E-state index in [4.69, 9.17) is 18.9 Å². The van der Waals surface area contributed by atoms with Gasteiger partial charge in [0.1, 0.15) is 19.8 Å². The van der Waals surface area contributed by atoms with Crippen LogP contribution in [0, 0.1) is 5.41 Å². The first-order valence-corrected chi connectivity index (χ1v) is 5.50. The molecule has 98 valence electrons. The molecule has 0 unspecified atom stereocenters. The first-order valence-electron chi connectivity index (χ1n) is 5.50. The molecule has 0 fully saturated rings. The van der Waals surface area contributed by atoms with Crippen LogP contribution in [-0.2, 0) is 18.9 Å². The molecule has 0 spiro atoms. The van der Waals surface area contributed by atoms with E-state index in [1.165, 1.54) is 18.8 Å². The number of ether oxygens (including phenoxy) is 4. The molecule has 0 aromatic heterocycles. The average Bonchev–Trinajstić information content (AvgIpc) is 2.37. The Morgan fingerprint density at radius 1 is 0.824 bits per heavy atom. The van der Waals surface area contributed by atoms with Gasteiger partial charge in [0.05, 0.1) is 30.8 Å². The van der Waals surface area contributed by atoms with Gasteiger partial charge >= 0.3 is 0 Å². The second-order valence-electron chi connectivity index (χ2n) is 3.57. The SMILES string of the molecule is C=COCC(COC=C)(COC=C)COCC. The molecule has 0 rings (SSSR count). The summed E-state index contributed by atoms with van der Waals surface area (Å²) in [6, 6.07) is 0. The van der Waals surface area contributed by atoms with Gasteiger partial charge in [0.2, 0.25) is 0 Å². The van der Waals surface area contributed by atoms with E-state index < -0.39 is 5.41 Å². The predicted octanol–water partition coefficient (Wildman–Crippen LogP) is 2.49. The van der Waals surface area contributed by atoms with Crippen molar-refractivity contribution in [3.05, 3.63) is 38.5 Å². The topological polar surface area (TPSA) is 36.9 Å². The minimum absolute atomic E-state index is 0.396. The van der Waals surface area contributed by atoms with Crippen LogP contribution in [0.3, 0.4) is 0 Å². The van der Waals surface area contributed by atoms with Crippen molar-refractivity contribution in [1.82, 2.24) is 0 Å². The molecule has 0 aliphatic rings. The molecular weight excluding hydrogens is 220 g/mol. The highest BCUT2D eigenvalue weighted by Gasteiger charge is 2.33. The Balaban J connectivity index is 4.54. The van der Waals surface area contributed by atoms with Crippen LogP contribution >= 0.6 is 0 Å². The average molecular weight is 242 g/mol. The molecule has 4 heteroatoms. The number of hydrogen-bond acceptors (Lipinski definition) is 4. The van der Waals surface area contributed by atoms with Crippen molar-refractivity contribution in [2.45, 2.75) is 6.92 Å². The van der Waals surface area contributed by atoms with Crippen molar-refractivity contribution in [2.24, 2.45) is 5.41 Å². The van der Waals surface area contributed by atoms with Gasteiger partial charge in [-0.25, -0.2) is 0 Å². The standard InChI is InChI=1S/C13H22O4/c1-5-14-9-13(10-15-6-2,11-16-7-3)12-17-8-4/h5-7H,1-3,8-12H2,4H3. The molecule has 0 aromatic carbocycles. The van der Waals surface area contributed by atoms with Gasteiger partial charge in [-0.1, -0.05) is 19.7 Å². The summed E-state index contributed by atoms with van der Waals surface area (Å²) in [6.45, 7) is 14.8. The predicted molar refractivity (Wildman–Crippen MR) is 67.4 cm³/mol. The fraction of sp³-hybridized carbons (Fsp3) is 0.538. The highest BCUT2D eigenvalue weighted by molar-refractivity contribution is 4.81. The molecular formula is C13H22O4. The first-order chi connectivity index (χ1) is 8.24. The number of rotatable bonds is 12. The van der Waals surface area contributed by atoms with Crippen molar-refractivity contribution in [3.8, 4) is 0 Å². The quantitative estimate of drug-likeness (QED) is 0.493. The Labute approximate surface area is 104 Å². The summed E-state index contributed by atoms with van der Waals surface area (Å²) in [6.07, 6.45) is 4.17. The summed E-state index contributed by atoms with van der Waals surface area (Å²) in [7, 11) is 0. The number of hydrogen-bond donors (Lipinski definition) is 0. The van der Waals surface area contributed by atoms with Gasteiger partial charge in [-0.2, -0.15) is 0 Å².